The average molecular weight is 329 g/mol. The number of carbonyl (C=O) groups is 3. The molecule has 0 aliphatic rings. The van der Waals surface area contributed by atoms with Gasteiger partial charge in [-0.25, -0.2) is 4.79 Å². The molecular weight excluding hydrogens is 298 g/mol. The van der Waals surface area contributed by atoms with Crippen molar-refractivity contribution in [2.24, 2.45) is 0 Å². The van der Waals surface area contributed by atoms with E-state index >= 15 is 0 Å². The van der Waals surface area contributed by atoms with Crippen molar-refractivity contribution < 1.29 is 19.1 Å². The first-order valence-electron chi connectivity index (χ1n) is 8.17. The Labute approximate surface area is 138 Å². The number of nitrogens with one attached hydrogen (secondary N) is 3. The van der Waals surface area contributed by atoms with Gasteiger partial charge < -0.3 is 20.7 Å². The lowest BCUT2D eigenvalue weighted by Gasteiger charge is -2.20. The fraction of sp³-hybridized carbons (Fsp3) is 0.812. The molecule has 0 aromatic heterocycles. The van der Waals surface area contributed by atoms with Crippen LogP contribution in [0.15, 0.2) is 0 Å². The summed E-state index contributed by atoms with van der Waals surface area (Å²) in [7, 11) is 1.55. The topological polar surface area (TPSA) is 96.5 Å². The maximum absolute atomic E-state index is 11.8. The highest BCUT2D eigenvalue weighted by Gasteiger charge is 2.19. The zero-order valence-electron chi connectivity index (χ0n) is 15.0. The highest BCUT2D eigenvalue weighted by atomic mass is 16.6. The molecule has 0 rings (SSSR count). The number of ether oxygens (including phenoxy) is 1. The molecule has 0 bridgehead atoms. The molecule has 0 aliphatic carbocycles. The van der Waals surface area contributed by atoms with Crippen LogP contribution in [0.25, 0.3) is 0 Å². The molecule has 23 heavy (non-hydrogen) atoms. The van der Waals surface area contributed by atoms with Crippen LogP contribution in [0, 0.1) is 0 Å². The van der Waals surface area contributed by atoms with Crippen molar-refractivity contribution in [2.45, 2.75) is 71.4 Å². The highest BCUT2D eigenvalue weighted by Crippen LogP contribution is 2.07. The first-order valence-corrected chi connectivity index (χ1v) is 8.17. The van der Waals surface area contributed by atoms with Crippen LogP contribution in [0.1, 0.15) is 59.8 Å². The van der Waals surface area contributed by atoms with Crippen LogP contribution < -0.4 is 16.0 Å². The van der Waals surface area contributed by atoms with Gasteiger partial charge in [-0.15, -0.1) is 0 Å². The van der Waals surface area contributed by atoms with Crippen LogP contribution in [-0.4, -0.2) is 43.1 Å². The summed E-state index contributed by atoms with van der Waals surface area (Å²) in [6, 6.07) is -0.527. The van der Waals surface area contributed by atoms with Gasteiger partial charge >= 0.3 is 6.09 Å². The molecule has 7 heteroatoms. The Morgan fingerprint density at radius 2 is 1.78 bits per heavy atom. The van der Waals surface area contributed by atoms with E-state index in [2.05, 4.69) is 16.0 Å². The van der Waals surface area contributed by atoms with E-state index in [0.717, 1.165) is 6.42 Å². The van der Waals surface area contributed by atoms with E-state index in [1.54, 1.807) is 27.8 Å². The fourth-order valence-electron chi connectivity index (χ4n) is 1.91. The number of amides is 3. The van der Waals surface area contributed by atoms with E-state index in [-0.39, 0.29) is 11.8 Å². The van der Waals surface area contributed by atoms with Gasteiger partial charge in [-0.2, -0.15) is 0 Å². The standard InChI is InChI=1S/C16H31N3O4/c1-6-9-13(20)19-12(14(21)17-5)10-7-8-11-18-15(22)23-16(2,3)4/h12H,6-11H2,1-5H3,(H,17,21)(H,18,22)(H,19,20)/t12-/m0/s1. The van der Waals surface area contributed by atoms with Gasteiger partial charge in [0.25, 0.3) is 0 Å². The summed E-state index contributed by atoms with van der Waals surface area (Å²) in [6.07, 6.45) is 2.65. The smallest absolute Gasteiger partial charge is 0.407 e. The monoisotopic (exact) mass is 329 g/mol. The van der Waals surface area contributed by atoms with Crippen molar-refractivity contribution in [3.05, 3.63) is 0 Å². The third-order valence-electron chi connectivity index (χ3n) is 2.96. The number of hydrogen-bond donors (Lipinski definition) is 3. The van der Waals surface area contributed by atoms with E-state index in [1.165, 1.54) is 0 Å². The second-order valence-corrected chi connectivity index (χ2v) is 6.41. The van der Waals surface area contributed by atoms with E-state index in [0.29, 0.717) is 32.2 Å². The molecule has 3 N–H and O–H groups in total. The average Bonchev–Trinajstić information content (AvgIpc) is 2.43. The van der Waals surface area contributed by atoms with Gasteiger partial charge in [0, 0.05) is 20.0 Å². The molecule has 0 fully saturated rings. The van der Waals surface area contributed by atoms with Crippen molar-refractivity contribution in [1.82, 2.24) is 16.0 Å². The lowest BCUT2D eigenvalue weighted by atomic mass is 10.1. The van der Waals surface area contributed by atoms with Gasteiger partial charge in [0.15, 0.2) is 0 Å². The Bertz CT molecular complexity index is 391. The normalized spacial score (nSPS) is 12.2. The van der Waals surface area contributed by atoms with Gasteiger partial charge in [-0.3, -0.25) is 9.59 Å². The zero-order chi connectivity index (χ0) is 17.9. The molecule has 134 valence electrons. The number of rotatable bonds is 9. The van der Waals surface area contributed by atoms with Gasteiger partial charge in [-0.1, -0.05) is 6.92 Å². The Morgan fingerprint density at radius 1 is 1.13 bits per heavy atom. The lowest BCUT2D eigenvalue weighted by Crippen LogP contribution is -2.45. The number of likely N-dealkylation sites (N-methyl/N-ethyl adjacent to an activating group) is 1. The largest absolute Gasteiger partial charge is 0.444 e. The quantitative estimate of drug-likeness (QED) is 0.561. The fourth-order valence-corrected chi connectivity index (χ4v) is 1.91. The number of carbonyl (C=O) groups excluding carboxylic acids is 3. The molecule has 0 saturated carbocycles. The second kappa shape index (κ2) is 10.9. The van der Waals surface area contributed by atoms with Gasteiger partial charge in [0.2, 0.25) is 11.8 Å². The molecule has 0 unspecified atom stereocenters. The number of alkyl carbamates (subject to hydrolysis) is 1. The first kappa shape index (κ1) is 21.2. The van der Waals surface area contributed by atoms with Crippen LogP contribution in [-0.2, 0) is 14.3 Å². The third kappa shape index (κ3) is 11.4. The summed E-state index contributed by atoms with van der Waals surface area (Å²) >= 11 is 0. The molecule has 0 saturated heterocycles. The van der Waals surface area contributed by atoms with Crippen LogP contribution in [0.2, 0.25) is 0 Å². The molecular formula is C16H31N3O4. The third-order valence-corrected chi connectivity index (χ3v) is 2.96. The summed E-state index contributed by atoms with van der Waals surface area (Å²) < 4.78 is 5.13. The van der Waals surface area contributed by atoms with Crippen molar-refractivity contribution in [1.29, 1.82) is 0 Å². The molecule has 0 heterocycles. The van der Waals surface area contributed by atoms with E-state index in [4.69, 9.17) is 4.74 Å². The highest BCUT2D eigenvalue weighted by molar-refractivity contribution is 5.87. The van der Waals surface area contributed by atoms with Gasteiger partial charge in [0.1, 0.15) is 11.6 Å². The SMILES string of the molecule is CCCC(=O)N[C@@H](CCCCNC(=O)OC(C)(C)C)C(=O)NC. The van der Waals surface area contributed by atoms with Crippen LogP contribution in [0.5, 0.6) is 0 Å². The molecule has 0 radical (unpaired) electrons. The predicted molar refractivity (Wildman–Crippen MR) is 89.0 cm³/mol. The summed E-state index contributed by atoms with van der Waals surface area (Å²) in [4.78, 5) is 34.9. The summed E-state index contributed by atoms with van der Waals surface area (Å²) in [5, 5.41) is 7.96. The minimum absolute atomic E-state index is 0.118. The summed E-state index contributed by atoms with van der Waals surface area (Å²) in [5.74, 6) is -0.317. The summed E-state index contributed by atoms with van der Waals surface area (Å²) in [5.41, 5.74) is -0.516. The molecule has 1 atom stereocenters. The van der Waals surface area contributed by atoms with E-state index in [1.807, 2.05) is 6.92 Å². The maximum atomic E-state index is 11.8. The van der Waals surface area contributed by atoms with Crippen molar-refractivity contribution in [3.8, 4) is 0 Å². The Balaban J connectivity index is 4.06. The number of unbranched alkanes of at least 4 members (excludes halogenated alkanes) is 1. The van der Waals surface area contributed by atoms with Gasteiger partial charge in [-0.05, 0) is 46.5 Å². The minimum atomic E-state index is -0.527. The Morgan fingerprint density at radius 3 is 2.30 bits per heavy atom. The van der Waals surface area contributed by atoms with Crippen LogP contribution in [0.4, 0.5) is 4.79 Å². The van der Waals surface area contributed by atoms with Crippen LogP contribution in [0.3, 0.4) is 0 Å². The molecule has 0 aromatic carbocycles. The summed E-state index contributed by atoms with van der Waals surface area (Å²) in [6.45, 7) is 7.80. The zero-order valence-corrected chi connectivity index (χ0v) is 15.0. The van der Waals surface area contributed by atoms with Crippen molar-refractivity contribution in [2.75, 3.05) is 13.6 Å². The Hall–Kier alpha value is -1.79. The maximum Gasteiger partial charge on any atom is 0.407 e. The van der Waals surface area contributed by atoms with Gasteiger partial charge in [0.05, 0.1) is 0 Å². The minimum Gasteiger partial charge on any atom is -0.444 e. The van der Waals surface area contributed by atoms with Crippen molar-refractivity contribution >= 4 is 17.9 Å². The Kier molecular flexibility index (Phi) is 10.0. The molecule has 0 aromatic rings. The predicted octanol–water partition coefficient (Wildman–Crippen LogP) is 1.71. The molecule has 3 amide bonds. The van der Waals surface area contributed by atoms with Crippen LogP contribution >= 0.6 is 0 Å². The molecule has 7 nitrogen and oxygen atoms in total. The van der Waals surface area contributed by atoms with Crippen molar-refractivity contribution in [3.63, 3.8) is 0 Å². The molecule has 0 aliphatic heterocycles. The number of hydrogen-bond acceptors (Lipinski definition) is 4. The van der Waals surface area contributed by atoms with E-state index < -0.39 is 17.7 Å². The lowest BCUT2D eigenvalue weighted by molar-refractivity contribution is -0.128. The first-order chi connectivity index (χ1) is 10.7. The van der Waals surface area contributed by atoms with E-state index in [9.17, 15) is 14.4 Å². The molecule has 0 spiro atoms. The second-order valence-electron chi connectivity index (χ2n) is 6.41.